The molecule has 1 heterocycles. The lowest BCUT2D eigenvalue weighted by molar-refractivity contribution is -0.137. The highest BCUT2D eigenvalue weighted by Gasteiger charge is 2.34. The molecule has 0 spiro atoms. The van der Waals surface area contributed by atoms with E-state index in [-0.39, 0.29) is 12.0 Å². The maximum absolute atomic E-state index is 13.0. The number of carbonyl (C=O) groups is 1. The quantitative estimate of drug-likeness (QED) is 0.431. The van der Waals surface area contributed by atoms with E-state index in [1.165, 1.54) is 18.2 Å². The number of carbonyl (C=O) groups excluding carboxylic acids is 1. The van der Waals surface area contributed by atoms with Gasteiger partial charge in [-0.05, 0) is 43.9 Å². The lowest BCUT2D eigenvalue weighted by Crippen LogP contribution is -2.13. The van der Waals surface area contributed by atoms with Crippen molar-refractivity contribution in [3.63, 3.8) is 0 Å². The van der Waals surface area contributed by atoms with Crippen LogP contribution in [-0.4, -0.2) is 10.8 Å². The van der Waals surface area contributed by atoms with Crippen LogP contribution in [0.15, 0.2) is 48.5 Å². The molecule has 0 N–H and O–H groups in total. The third-order valence-electron chi connectivity index (χ3n) is 4.52. The first-order valence-electron chi connectivity index (χ1n) is 8.98. The summed E-state index contributed by atoms with van der Waals surface area (Å²) in [5.41, 5.74) is 2.05. The van der Waals surface area contributed by atoms with Crippen molar-refractivity contribution in [3.05, 3.63) is 75.9 Å². The van der Waals surface area contributed by atoms with Crippen molar-refractivity contribution in [3.8, 4) is 10.4 Å². The van der Waals surface area contributed by atoms with Gasteiger partial charge in [0.2, 0.25) is 0 Å². The maximum Gasteiger partial charge on any atom is 0.417 e. The van der Waals surface area contributed by atoms with Gasteiger partial charge in [-0.25, -0.2) is 4.98 Å². The van der Waals surface area contributed by atoms with Gasteiger partial charge in [-0.3, -0.25) is 4.79 Å². The molecule has 2 aromatic carbocycles. The summed E-state index contributed by atoms with van der Waals surface area (Å²) in [6, 6.07) is 13.0. The van der Waals surface area contributed by atoms with Crippen LogP contribution < -0.4 is 0 Å². The molecule has 0 bridgehead atoms. The third kappa shape index (κ3) is 4.68. The number of benzene rings is 2. The molecule has 0 saturated heterocycles. The maximum atomic E-state index is 13.0. The first-order valence-corrected chi connectivity index (χ1v) is 9.80. The fourth-order valence-corrected chi connectivity index (χ4v) is 4.11. The predicted molar refractivity (Wildman–Crippen MR) is 106 cm³/mol. The Kier molecular flexibility index (Phi) is 5.98. The normalized spacial score (nSPS) is 11.6. The van der Waals surface area contributed by atoms with E-state index in [2.05, 4.69) is 4.98 Å². The van der Waals surface area contributed by atoms with Crippen LogP contribution in [0.3, 0.4) is 0 Å². The van der Waals surface area contributed by atoms with Gasteiger partial charge in [0.25, 0.3) is 0 Å². The summed E-state index contributed by atoms with van der Waals surface area (Å²) in [6.07, 6.45) is -3.29. The van der Waals surface area contributed by atoms with Crippen molar-refractivity contribution < 1.29 is 18.0 Å². The number of thiazole rings is 1. The van der Waals surface area contributed by atoms with E-state index in [0.29, 0.717) is 12.8 Å². The van der Waals surface area contributed by atoms with E-state index in [1.54, 1.807) is 11.3 Å². The van der Waals surface area contributed by atoms with Gasteiger partial charge in [-0.1, -0.05) is 42.5 Å². The Labute approximate surface area is 166 Å². The van der Waals surface area contributed by atoms with Crippen LogP contribution in [0.25, 0.3) is 10.4 Å². The molecule has 0 unspecified atom stereocenters. The van der Waals surface area contributed by atoms with Crippen molar-refractivity contribution in [2.24, 2.45) is 0 Å². The summed E-state index contributed by atoms with van der Waals surface area (Å²) in [5.74, 6) is -0.472. The topological polar surface area (TPSA) is 30.0 Å². The van der Waals surface area contributed by atoms with Gasteiger partial charge in [0.05, 0.1) is 21.1 Å². The van der Waals surface area contributed by atoms with Crippen molar-refractivity contribution in [2.75, 3.05) is 0 Å². The smallest absolute Gasteiger partial charge is 0.294 e. The van der Waals surface area contributed by atoms with Gasteiger partial charge in [0.1, 0.15) is 0 Å². The standard InChI is InChI=1S/C22H20F3NOS/c1-14-21(28-15(2)26-14)17-12-10-16(11-13-17)6-5-9-20(27)18-7-3-4-8-19(18)22(23,24)25/h3-4,7-8,10-13H,5-6,9H2,1-2H3. The van der Waals surface area contributed by atoms with Gasteiger partial charge < -0.3 is 0 Å². The number of aromatic nitrogens is 1. The lowest BCUT2D eigenvalue weighted by atomic mass is 9.98. The van der Waals surface area contributed by atoms with Gasteiger partial charge in [-0.15, -0.1) is 11.3 Å². The highest BCUT2D eigenvalue weighted by Crippen LogP contribution is 2.33. The van der Waals surface area contributed by atoms with Gasteiger partial charge in [0, 0.05) is 12.0 Å². The molecule has 0 radical (unpaired) electrons. The largest absolute Gasteiger partial charge is 0.417 e. The van der Waals surface area contributed by atoms with Crippen LogP contribution in [-0.2, 0) is 12.6 Å². The molecule has 0 saturated carbocycles. The Balaban J connectivity index is 1.61. The van der Waals surface area contributed by atoms with E-state index >= 15 is 0 Å². The average Bonchev–Trinajstić information content (AvgIpc) is 2.99. The molecule has 0 amide bonds. The van der Waals surface area contributed by atoms with Crippen molar-refractivity contribution in [2.45, 2.75) is 39.3 Å². The molecule has 2 nitrogen and oxygen atoms in total. The zero-order chi connectivity index (χ0) is 20.3. The Morgan fingerprint density at radius 3 is 2.32 bits per heavy atom. The number of alkyl halides is 3. The summed E-state index contributed by atoms with van der Waals surface area (Å²) < 4.78 is 39.1. The highest BCUT2D eigenvalue weighted by molar-refractivity contribution is 7.15. The minimum Gasteiger partial charge on any atom is -0.294 e. The Bertz CT molecular complexity index is 974. The van der Waals surface area contributed by atoms with E-state index in [9.17, 15) is 18.0 Å². The van der Waals surface area contributed by atoms with Crippen LogP contribution >= 0.6 is 11.3 Å². The zero-order valence-electron chi connectivity index (χ0n) is 15.6. The molecule has 3 aromatic rings. The average molecular weight is 403 g/mol. The van der Waals surface area contributed by atoms with E-state index in [4.69, 9.17) is 0 Å². The molecule has 28 heavy (non-hydrogen) atoms. The molecule has 0 aliphatic rings. The summed E-state index contributed by atoms with van der Waals surface area (Å²) in [7, 11) is 0. The lowest BCUT2D eigenvalue weighted by Gasteiger charge is -2.11. The minimum absolute atomic E-state index is 0.0853. The molecular weight excluding hydrogens is 383 g/mol. The summed E-state index contributed by atoms with van der Waals surface area (Å²) in [5, 5.41) is 1.02. The number of halogens is 3. The number of hydrogen-bond acceptors (Lipinski definition) is 3. The number of rotatable bonds is 6. The van der Waals surface area contributed by atoms with Crippen molar-refractivity contribution in [1.82, 2.24) is 4.98 Å². The Hall–Kier alpha value is -2.47. The van der Waals surface area contributed by atoms with Gasteiger partial charge >= 0.3 is 6.18 Å². The minimum atomic E-state index is -4.52. The Morgan fingerprint density at radius 1 is 1.04 bits per heavy atom. The number of Topliss-reactive ketones (excluding diaryl/α,β-unsaturated/α-hetero) is 1. The molecule has 0 aliphatic carbocycles. The third-order valence-corrected chi connectivity index (χ3v) is 5.64. The van der Waals surface area contributed by atoms with Crippen LogP contribution in [0.5, 0.6) is 0 Å². The van der Waals surface area contributed by atoms with E-state index in [0.717, 1.165) is 32.8 Å². The molecule has 6 heteroatoms. The second kappa shape index (κ2) is 8.27. The molecule has 1 aromatic heterocycles. The van der Waals surface area contributed by atoms with Crippen molar-refractivity contribution in [1.29, 1.82) is 0 Å². The van der Waals surface area contributed by atoms with E-state index in [1.807, 2.05) is 38.1 Å². The summed E-state index contributed by atoms with van der Waals surface area (Å²) in [6.45, 7) is 3.96. The monoisotopic (exact) mass is 403 g/mol. The van der Waals surface area contributed by atoms with Crippen LogP contribution in [0.2, 0.25) is 0 Å². The van der Waals surface area contributed by atoms with E-state index < -0.39 is 17.5 Å². The first-order chi connectivity index (χ1) is 13.3. The van der Waals surface area contributed by atoms with Gasteiger partial charge in [0.15, 0.2) is 5.78 Å². The number of nitrogens with zero attached hydrogens (tertiary/aromatic N) is 1. The molecule has 146 valence electrons. The SMILES string of the molecule is Cc1nc(C)c(-c2ccc(CCCC(=O)c3ccccc3C(F)(F)F)cc2)s1. The molecular formula is C22H20F3NOS. The zero-order valence-corrected chi connectivity index (χ0v) is 16.5. The Morgan fingerprint density at radius 2 is 1.71 bits per heavy atom. The fraction of sp³-hybridized carbons (Fsp3) is 0.273. The molecule has 3 rings (SSSR count). The van der Waals surface area contributed by atoms with Gasteiger partial charge in [-0.2, -0.15) is 13.2 Å². The van der Waals surface area contributed by atoms with Crippen LogP contribution in [0, 0.1) is 13.8 Å². The predicted octanol–water partition coefficient (Wildman–Crippen LogP) is 6.65. The highest BCUT2D eigenvalue weighted by atomic mass is 32.1. The number of ketones is 1. The van der Waals surface area contributed by atoms with Crippen LogP contribution in [0.1, 0.15) is 45.0 Å². The molecule has 0 aliphatic heterocycles. The van der Waals surface area contributed by atoms with Crippen molar-refractivity contribution >= 4 is 17.1 Å². The van der Waals surface area contributed by atoms with Crippen LogP contribution in [0.4, 0.5) is 13.2 Å². The second-order valence-corrected chi connectivity index (χ2v) is 7.87. The fourth-order valence-electron chi connectivity index (χ4n) is 3.18. The molecule has 0 atom stereocenters. The first kappa shape index (κ1) is 20.3. The number of hydrogen-bond donors (Lipinski definition) is 0. The summed E-state index contributed by atoms with van der Waals surface area (Å²) >= 11 is 1.65. The second-order valence-electron chi connectivity index (χ2n) is 6.66. The number of aryl methyl sites for hydroxylation is 3. The summed E-state index contributed by atoms with van der Waals surface area (Å²) in [4.78, 5) is 17.9. The molecule has 0 fully saturated rings.